The minimum absolute atomic E-state index is 0.279. The molecule has 1 aliphatic rings. The van der Waals surface area contributed by atoms with Crippen molar-refractivity contribution >= 4 is 22.9 Å². The molecular weight excluding hydrogens is 356 g/mol. The number of hydrogen-bond acceptors (Lipinski definition) is 4. The Hall–Kier alpha value is -3.22. The molecule has 0 radical (unpaired) electrons. The number of rotatable bonds is 5. The Bertz CT molecular complexity index is 1030. The molecule has 1 saturated carbocycles. The first-order valence-corrected chi connectivity index (χ1v) is 9.54. The van der Waals surface area contributed by atoms with Gasteiger partial charge in [0, 0.05) is 18.2 Å². The summed E-state index contributed by atoms with van der Waals surface area (Å²) in [7, 11) is 0. The second-order valence-electron chi connectivity index (χ2n) is 7.07. The van der Waals surface area contributed by atoms with Gasteiger partial charge >= 0.3 is 5.97 Å². The van der Waals surface area contributed by atoms with Crippen LogP contribution in [0.2, 0.25) is 0 Å². The zero-order chi connectivity index (χ0) is 19.7. The van der Waals surface area contributed by atoms with Crippen molar-refractivity contribution in [2.24, 2.45) is 5.92 Å². The van der Waals surface area contributed by atoms with Crippen LogP contribution in [0.1, 0.15) is 36.5 Å². The fourth-order valence-corrected chi connectivity index (χ4v) is 3.90. The van der Waals surface area contributed by atoms with Crippen molar-refractivity contribution in [2.45, 2.75) is 38.8 Å². The van der Waals surface area contributed by atoms with Gasteiger partial charge in [0.25, 0.3) is 5.91 Å². The molecule has 28 heavy (non-hydrogen) atoms. The molecule has 0 saturated heterocycles. The van der Waals surface area contributed by atoms with E-state index in [2.05, 4.69) is 10.4 Å². The summed E-state index contributed by atoms with van der Waals surface area (Å²) in [6.07, 6.45) is 3.72. The van der Waals surface area contributed by atoms with Crippen LogP contribution in [-0.4, -0.2) is 37.8 Å². The van der Waals surface area contributed by atoms with Gasteiger partial charge in [-0.05, 0) is 25.8 Å². The van der Waals surface area contributed by atoms with E-state index < -0.39 is 11.9 Å². The van der Waals surface area contributed by atoms with Gasteiger partial charge in [-0.2, -0.15) is 5.10 Å². The lowest BCUT2D eigenvalue weighted by Gasteiger charge is -2.18. The summed E-state index contributed by atoms with van der Waals surface area (Å²) in [5.74, 6) is -1.67. The number of carboxylic acids is 1. The largest absolute Gasteiger partial charge is 0.481 e. The Kier molecular flexibility index (Phi) is 4.81. The first-order chi connectivity index (χ1) is 13.6. The average Bonchev–Trinajstić information content (AvgIpc) is 3.34. The Morgan fingerprint density at radius 3 is 2.75 bits per heavy atom. The zero-order valence-corrected chi connectivity index (χ0v) is 15.6. The van der Waals surface area contributed by atoms with Gasteiger partial charge in [-0.15, -0.1) is 0 Å². The molecule has 0 bridgehead atoms. The van der Waals surface area contributed by atoms with Crippen molar-refractivity contribution in [3.63, 3.8) is 0 Å². The maximum Gasteiger partial charge on any atom is 0.308 e. The second-order valence-corrected chi connectivity index (χ2v) is 7.07. The molecular formula is C21H22N4O3. The van der Waals surface area contributed by atoms with Crippen molar-refractivity contribution in [3.8, 4) is 11.3 Å². The lowest BCUT2D eigenvalue weighted by atomic mass is 10.0. The molecule has 1 aliphatic carbocycles. The SMILES string of the molecule is CCn1ncc2c(C(=O)N[C@@H]3CCC[C@@H]3C(=O)O)cc(-c3ccccc3)nc21. The third-order valence-corrected chi connectivity index (χ3v) is 5.37. The van der Waals surface area contributed by atoms with E-state index in [9.17, 15) is 14.7 Å². The molecule has 4 rings (SSSR count). The minimum atomic E-state index is -0.855. The number of hydrogen-bond donors (Lipinski definition) is 2. The fraction of sp³-hybridized carbons (Fsp3) is 0.333. The summed E-state index contributed by atoms with van der Waals surface area (Å²) in [5.41, 5.74) is 2.72. The van der Waals surface area contributed by atoms with E-state index in [4.69, 9.17) is 4.98 Å². The average molecular weight is 378 g/mol. The molecule has 0 spiro atoms. The lowest BCUT2D eigenvalue weighted by Crippen LogP contribution is -2.40. The quantitative estimate of drug-likeness (QED) is 0.711. The first kappa shape index (κ1) is 18.2. The highest BCUT2D eigenvalue weighted by molar-refractivity contribution is 6.06. The number of carbonyl (C=O) groups excluding carboxylic acids is 1. The number of carbonyl (C=O) groups is 2. The first-order valence-electron chi connectivity index (χ1n) is 9.54. The standard InChI is InChI=1S/C21H22N4O3/c1-2-25-19-16(12-22-25)15(11-18(23-19)13-7-4-3-5-8-13)20(26)24-17-10-6-9-14(17)21(27)28/h3-5,7-8,11-12,14,17H,2,6,9-10H2,1H3,(H,24,26)(H,27,28)/t14-,17+/m0/s1. The van der Waals surface area contributed by atoms with Crippen molar-refractivity contribution in [3.05, 3.63) is 48.2 Å². The normalized spacial score (nSPS) is 19.0. The van der Waals surface area contributed by atoms with Gasteiger partial charge in [0.15, 0.2) is 5.65 Å². The highest BCUT2D eigenvalue weighted by Gasteiger charge is 2.34. The lowest BCUT2D eigenvalue weighted by molar-refractivity contribution is -0.142. The molecule has 0 unspecified atom stereocenters. The van der Waals surface area contributed by atoms with Gasteiger partial charge in [-0.1, -0.05) is 36.8 Å². The van der Waals surface area contributed by atoms with Crippen LogP contribution in [0.3, 0.4) is 0 Å². The second kappa shape index (κ2) is 7.42. The highest BCUT2D eigenvalue weighted by atomic mass is 16.4. The monoisotopic (exact) mass is 378 g/mol. The van der Waals surface area contributed by atoms with Crippen molar-refractivity contribution in [2.75, 3.05) is 0 Å². The van der Waals surface area contributed by atoms with Crippen LogP contribution in [0.4, 0.5) is 0 Å². The zero-order valence-electron chi connectivity index (χ0n) is 15.6. The summed E-state index contributed by atoms with van der Waals surface area (Å²) in [4.78, 5) is 29.3. The number of nitrogens with zero attached hydrogens (tertiary/aromatic N) is 3. The summed E-state index contributed by atoms with van der Waals surface area (Å²) in [6, 6.07) is 11.1. The third kappa shape index (κ3) is 3.24. The van der Waals surface area contributed by atoms with Crippen LogP contribution in [-0.2, 0) is 11.3 Å². The van der Waals surface area contributed by atoms with Crippen LogP contribution in [0.15, 0.2) is 42.6 Å². The van der Waals surface area contributed by atoms with Gasteiger partial charge in [0.05, 0.1) is 28.8 Å². The molecule has 2 heterocycles. The summed E-state index contributed by atoms with van der Waals surface area (Å²) in [6.45, 7) is 2.61. The highest BCUT2D eigenvalue weighted by Crippen LogP contribution is 2.28. The number of aliphatic carboxylic acids is 1. The van der Waals surface area contributed by atoms with Gasteiger partial charge in [0.1, 0.15) is 0 Å². The minimum Gasteiger partial charge on any atom is -0.481 e. The van der Waals surface area contributed by atoms with Gasteiger partial charge in [-0.3, -0.25) is 9.59 Å². The van der Waals surface area contributed by atoms with Gasteiger partial charge in [0.2, 0.25) is 0 Å². The van der Waals surface area contributed by atoms with Gasteiger partial charge in [-0.25, -0.2) is 9.67 Å². The molecule has 7 heteroatoms. The number of pyridine rings is 1. The number of aromatic nitrogens is 3. The van der Waals surface area contributed by atoms with E-state index in [1.165, 1.54) is 0 Å². The van der Waals surface area contributed by atoms with E-state index in [0.29, 0.717) is 41.7 Å². The number of nitrogens with one attached hydrogen (secondary N) is 1. The van der Waals surface area contributed by atoms with E-state index in [1.54, 1.807) is 16.9 Å². The molecule has 1 aromatic carbocycles. The van der Waals surface area contributed by atoms with E-state index in [-0.39, 0.29) is 11.9 Å². The van der Waals surface area contributed by atoms with Crippen molar-refractivity contribution in [1.82, 2.24) is 20.1 Å². The van der Waals surface area contributed by atoms with Crippen molar-refractivity contribution in [1.29, 1.82) is 0 Å². The Morgan fingerprint density at radius 2 is 2.04 bits per heavy atom. The van der Waals surface area contributed by atoms with E-state index in [1.807, 2.05) is 37.3 Å². The number of fused-ring (bicyclic) bond motifs is 1. The summed E-state index contributed by atoms with van der Waals surface area (Å²) in [5, 5.41) is 17.3. The van der Waals surface area contributed by atoms with Gasteiger partial charge < -0.3 is 10.4 Å². The number of carboxylic acid groups (broad SMARTS) is 1. The maximum absolute atomic E-state index is 13.1. The molecule has 1 amide bonds. The van der Waals surface area contributed by atoms with Crippen LogP contribution in [0, 0.1) is 5.92 Å². The molecule has 2 aromatic heterocycles. The maximum atomic E-state index is 13.1. The number of amides is 1. The third-order valence-electron chi connectivity index (χ3n) is 5.37. The molecule has 144 valence electrons. The smallest absolute Gasteiger partial charge is 0.308 e. The topological polar surface area (TPSA) is 97.1 Å². The predicted molar refractivity (Wildman–Crippen MR) is 105 cm³/mol. The number of benzene rings is 1. The molecule has 3 aromatic rings. The molecule has 0 aliphatic heterocycles. The van der Waals surface area contributed by atoms with Crippen LogP contribution in [0.5, 0.6) is 0 Å². The van der Waals surface area contributed by atoms with Crippen LogP contribution in [0.25, 0.3) is 22.3 Å². The Labute approximate surface area is 162 Å². The number of aryl methyl sites for hydroxylation is 1. The van der Waals surface area contributed by atoms with E-state index in [0.717, 1.165) is 12.0 Å². The molecule has 7 nitrogen and oxygen atoms in total. The molecule has 2 atom stereocenters. The molecule has 1 fully saturated rings. The summed E-state index contributed by atoms with van der Waals surface area (Å²) >= 11 is 0. The predicted octanol–water partition coefficient (Wildman–Crippen LogP) is 3.10. The Morgan fingerprint density at radius 1 is 1.25 bits per heavy atom. The fourth-order valence-electron chi connectivity index (χ4n) is 3.90. The van der Waals surface area contributed by atoms with E-state index >= 15 is 0 Å². The van der Waals surface area contributed by atoms with Crippen LogP contribution >= 0.6 is 0 Å². The summed E-state index contributed by atoms with van der Waals surface area (Å²) < 4.78 is 1.76. The molecule has 2 N–H and O–H groups in total. The Balaban J connectivity index is 1.76. The van der Waals surface area contributed by atoms with Crippen LogP contribution < -0.4 is 5.32 Å². The van der Waals surface area contributed by atoms with Crippen molar-refractivity contribution < 1.29 is 14.7 Å².